The van der Waals surface area contributed by atoms with Crippen LogP contribution in [0, 0.1) is 0 Å². The lowest BCUT2D eigenvalue weighted by atomic mass is 10.0. The van der Waals surface area contributed by atoms with Crippen LogP contribution in [0.1, 0.15) is 35.5 Å². The molecule has 1 aromatic carbocycles. The highest BCUT2D eigenvalue weighted by atomic mass is 35.5. The van der Waals surface area contributed by atoms with Gasteiger partial charge in [-0.15, -0.1) is 0 Å². The summed E-state index contributed by atoms with van der Waals surface area (Å²) < 4.78 is 5.12. The Morgan fingerprint density at radius 1 is 1.16 bits per heavy atom. The van der Waals surface area contributed by atoms with Gasteiger partial charge < -0.3 is 9.73 Å². The van der Waals surface area contributed by atoms with Crippen molar-refractivity contribution < 1.29 is 9.21 Å². The maximum atomic E-state index is 12.1. The number of furan rings is 1. The third-order valence-corrected chi connectivity index (χ3v) is 3.24. The second-order valence-electron chi connectivity index (χ2n) is 4.22. The molecule has 0 aliphatic heterocycles. The van der Waals surface area contributed by atoms with Crippen molar-refractivity contribution in [2.45, 2.75) is 26.7 Å². The first-order valence-corrected chi connectivity index (χ1v) is 6.71. The number of amides is 1. The highest BCUT2D eigenvalue weighted by molar-refractivity contribution is 6.29. The van der Waals surface area contributed by atoms with E-state index in [1.54, 1.807) is 12.1 Å². The van der Waals surface area contributed by atoms with Gasteiger partial charge in [-0.3, -0.25) is 4.79 Å². The van der Waals surface area contributed by atoms with Crippen LogP contribution in [0.4, 0.5) is 5.69 Å². The molecule has 2 rings (SSSR count). The van der Waals surface area contributed by atoms with E-state index in [4.69, 9.17) is 16.0 Å². The number of hydrogen-bond donors (Lipinski definition) is 1. The fraction of sp³-hybridized carbons (Fsp3) is 0.267. The summed E-state index contributed by atoms with van der Waals surface area (Å²) in [5.74, 6) is -0.0551. The third-order valence-electron chi connectivity index (χ3n) is 3.03. The van der Waals surface area contributed by atoms with Gasteiger partial charge in [-0.05, 0) is 47.7 Å². The summed E-state index contributed by atoms with van der Waals surface area (Å²) in [5.41, 5.74) is 3.11. The molecular weight excluding hydrogens is 262 g/mol. The molecule has 0 atom stereocenters. The minimum absolute atomic E-state index is 0.213. The van der Waals surface area contributed by atoms with Crippen LogP contribution in [0.3, 0.4) is 0 Å². The van der Waals surface area contributed by atoms with Gasteiger partial charge in [0, 0.05) is 5.69 Å². The largest absolute Gasteiger partial charge is 0.440 e. The van der Waals surface area contributed by atoms with Gasteiger partial charge in [0.25, 0.3) is 5.91 Å². The Bertz CT molecular complexity index is 567. The van der Waals surface area contributed by atoms with Crippen LogP contribution in [0.5, 0.6) is 0 Å². The van der Waals surface area contributed by atoms with E-state index in [1.807, 2.05) is 18.2 Å². The van der Waals surface area contributed by atoms with E-state index in [0.29, 0.717) is 0 Å². The lowest BCUT2D eigenvalue weighted by molar-refractivity contribution is 0.0996. The van der Waals surface area contributed by atoms with Crippen LogP contribution in [0.15, 0.2) is 34.7 Å². The molecule has 1 N–H and O–H groups in total. The first-order chi connectivity index (χ1) is 9.15. The molecule has 0 aliphatic rings. The average Bonchev–Trinajstić information content (AvgIpc) is 2.85. The van der Waals surface area contributed by atoms with E-state index < -0.39 is 0 Å². The number of anilines is 1. The summed E-state index contributed by atoms with van der Waals surface area (Å²) >= 11 is 5.68. The van der Waals surface area contributed by atoms with Crippen LogP contribution in [-0.4, -0.2) is 5.91 Å². The van der Waals surface area contributed by atoms with E-state index >= 15 is 0 Å². The maximum Gasteiger partial charge on any atom is 0.291 e. The Morgan fingerprint density at radius 2 is 1.79 bits per heavy atom. The van der Waals surface area contributed by atoms with Gasteiger partial charge >= 0.3 is 0 Å². The van der Waals surface area contributed by atoms with Gasteiger partial charge in [-0.1, -0.05) is 32.0 Å². The molecule has 2 aromatic rings. The Balaban J connectivity index is 2.30. The summed E-state index contributed by atoms with van der Waals surface area (Å²) in [7, 11) is 0. The number of aryl methyl sites for hydroxylation is 2. The van der Waals surface area contributed by atoms with E-state index in [9.17, 15) is 4.79 Å². The molecule has 4 heteroatoms. The van der Waals surface area contributed by atoms with Crippen LogP contribution in [-0.2, 0) is 12.8 Å². The molecule has 0 saturated carbocycles. The van der Waals surface area contributed by atoms with E-state index in [2.05, 4.69) is 19.2 Å². The molecule has 3 nitrogen and oxygen atoms in total. The summed E-state index contributed by atoms with van der Waals surface area (Å²) in [6.07, 6.45) is 1.73. The Hall–Kier alpha value is -1.74. The first kappa shape index (κ1) is 13.7. The molecule has 1 heterocycles. The molecule has 0 spiro atoms. The minimum atomic E-state index is -0.275. The zero-order valence-corrected chi connectivity index (χ0v) is 11.8. The second kappa shape index (κ2) is 5.93. The molecule has 0 bridgehead atoms. The van der Waals surface area contributed by atoms with Gasteiger partial charge in [0.15, 0.2) is 11.0 Å². The van der Waals surface area contributed by atoms with Crippen LogP contribution < -0.4 is 5.32 Å². The summed E-state index contributed by atoms with van der Waals surface area (Å²) in [6.45, 7) is 4.13. The van der Waals surface area contributed by atoms with Crippen molar-refractivity contribution in [3.05, 3.63) is 52.4 Å². The number of para-hydroxylation sites is 1. The van der Waals surface area contributed by atoms with Crippen molar-refractivity contribution in [3.63, 3.8) is 0 Å². The topological polar surface area (TPSA) is 42.2 Å². The maximum absolute atomic E-state index is 12.1. The summed E-state index contributed by atoms with van der Waals surface area (Å²) in [6, 6.07) is 9.17. The van der Waals surface area contributed by atoms with Crippen LogP contribution in [0.25, 0.3) is 0 Å². The number of nitrogens with one attached hydrogen (secondary N) is 1. The second-order valence-corrected chi connectivity index (χ2v) is 4.59. The highest BCUT2D eigenvalue weighted by Crippen LogP contribution is 2.24. The predicted octanol–water partition coefficient (Wildman–Crippen LogP) is 4.31. The van der Waals surface area contributed by atoms with E-state index in [-0.39, 0.29) is 16.9 Å². The Morgan fingerprint density at radius 3 is 2.26 bits per heavy atom. The molecule has 0 saturated heterocycles. The minimum Gasteiger partial charge on any atom is -0.440 e. The summed E-state index contributed by atoms with van der Waals surface area (Å²) in [4.78, 5) is 12.1. The lowest BCUT2D eigenvalue weighted by Gasteiger charge is -2.13. The summed E-state index contributed by atoms with van der Waals surface area (Å²) in [5, 5.41) is 3.13. The van der Waals surface area contributed by atoms with E-state index in [0.717, 1.165) is 29.7 Å². The van der Waals surface area contributed by atoms with E-state index in [1.165, 1.54) is 0 Å². The van der Waals surface area contributed by atoms with Crippen LogP contribution in [0.2, 0.25) is 5.22 Å². The predicted molar refractivity (Wildman–Crippen MR) is 76.9 cm³/mol. The Labute approximate surface area is 117 Å². The quantitative estimate of drug-likeness (QED) is 0.905. The average molecular weight is 278 g/mol. The van der Waals surface area contributed by atoms with Gasteiger partial charge in [0.2, 0.25) is 0 Å². The number of hydrogen-bond acceptors (Lipinski definition) is 2. The van der Waals surface area contributed by atoms with Gasteiger partial charge in [0.1, 0.15) is 0 Å². The molecule has 1 aromatic heterocycles. The molecular formula is C15H16ClNO2. The number of rotatable bonds is 4. The molecule has 1 amide bonds. The fourth-order valence-electron chi connectivity index (χ4n) is 2.01. The number of carbonyl (C=O) groups excluding carboxylic acids is 1. The van der Waals surface area contributed by atoms with Crippen molar-refractivity contribution in [1.29, 1.82) is 0 Å². The molecule has 0 unspecified atom stereocenters. The molecule has 0 radical (unpaired) electrons. The SMILES string of the molecule is CCc1cccc(CC)c1NC(=O)c1ccc(Cl)o1. The van der Waals surface area contributed by atoms with Crippen molar-refractivity contribution >= 4 is 23.2 Å². The van der Waals surface area contributed by atoms with Gasteiger partial charge in [-0.25, -0.2) is 0 Å². The third kappa shape index (κ3) is 2.99. The van der Waals surface area contributed by atoms with Crippen molar-refractivity contribution in [2.75, 3.05) is 5.32 Å². The lowest BCUT2D eigenvalue weighted by Crippen LogP contribution is -2.14. The van der Waals surface area contributed by atoms with Gasteiger partial charge in [0.05, 0.1) is 0 Å². The van der Waals surface area contributed by atoms with Crippen molar-refractivity contribution in [3.8, 4) is 0 Å². The number of carbonyl (C=O) groups is 1. The first-order valence-electron chi connectivity index (χ1n) is 6.33. The Kier molecular flexibility index (Phi) is 4.27. The smallest absolute Gasteiger partial charge is 0.291 e. The monoisotopic (exact) mass is 277 g/mol. The number of benzene rings is 1. The van der Waals surface area contributed by atoms with Crippen molar-refractivity contribution in [2.24, 2.45) is 0 Å². The molecule has 0 aliphatic carbocycles. The number of halogens is 1. The molecule has 19 heavy (non-hydrogen) atoms. The molecule has 100 valence electrons. The highest BCUT2D eigenvalue weighted by Gasteiger charge is 2.14. The zero-order valence-electron chi connectivity index (χ0n) is 11.0. The van der Waals surface area contributed by atoms with Crippen molar-refractivity contribution in [1.82, 2.24) is 0 Å². The normalized spacial score (nSPS) is 10.5. The van der Waals surface area contributed by atoms with Gasteiger partial charge in [-0.2, -0.15) is 0 Å². The zero-order chi connectivity index (χ0) is 13.8. The standard InChI is InChI=1S/C15H16ClNO2/c1-3-10-6-5-7-11(4-2)14(10)17-15(18)12-8-9-13(16)19-12/h5-9H,3-4H2,1-2H3,(H,17,18). The fourth-order valence-corrected chi connectivity index (χ4v) is 2.16. The van der Waals surface area contributed by atoms with Crippen LogP contribution >= 0.6 is 11.6 Å². The molecule has 0 fully saturated rings.